The van der Waals surface area contributed by atoms with Gasteiger partial charge in [-0.05, 0) is 43.4 Å². The minimum Gasteiger partial charge on any atom is -0.496 e. The van der Waals surface area contributed by atoms with Crippen molar-refractivity contribution in [2.24, 2.45) is 5.73 Å². The zero-order valence-electron chi connectivity index (χ0n) is 19.0. The van der Waals surface area contributed by atoms with Crippen LogP contribution in [0.1, 0.15) is 58.0 Å². The van der Waals surface area contributed by atoms with Gasteiger partial charge in [0.05, 0.1) is 24.8 Å². The first kappa shape index (κ1) is 23.3. The number of nitrogens with two attached hydrogens (primary N) is 2. The maximum Gasteiger partial charge on any atom is 0.255 e. The van der Waals surface area contributed by atoms with Gasteiger partial charge < -0.3 is 26.6 Å². The van der Waals surface area contributed by atoms with Crippen molar-refractivity contribution in [3.8, 4) is 17.0 Å². The molecule has 0 radical (unpaired) electrons. The summed E-state index contributed by atoms with van der Waals surface area (Å²) in [4.78, 5) is 24.7. The molecule has 2 amide bonds. The van der Waals surface area contributed by atoms with E-state index in [1.54, 1.807) is 28.9 Å². The minimum atomic E-state index is -0.650. The van der Waals surface area contributed by atoms with Gasteiger partial charge in [-0.2, -0.15) is 5.10 Å². The van der Waals surface area contributed by atoms with E-state index in [0.29, 0.717) is 35.5 Å². The molecule has 3 aromatic rings. The third-order valence-electron chi connectivity index (χ3n) is 6.19. The molecule has 0 saturated heterocycles. The summed E-state index contributed by atoms with van der Waals surface area (Å²) < 4.78 is 6.87. The third kappa shape index (κ3) is 4.74. The molecule has 4 rings (SSSR count). The molecule has 0 spiro atoms. The van der Waals surface area contributed by atoms with E-state index in [4.69, 9.17) is 16.2 Å². The van der Waals surface area contributed by atoms with Crippen LogP contribution in [0.2, 0.25) is 0 Å². The van der Waals surface area contributed by atoms with Gasteiger partial charge in [-0.25, -0.2) is 4.68 Å². The molecule has 1 aliphatic rings. The molecule has 6 N–H and O–H groups in total. The van der Waals surface area contributed by atoms with Crippen LogP contribution in [-0.4, -0.2) is 39.9 Å². The molecule has 34 heavy (non-hydrogen) atoms. The van der Waals surface area contributed by atoms with E-state index in [1.165, 1.54) is 7.11 Å². The number of aliphatic hydroxyl groups is 1. The van der Waals surface area contributed by atoms with E-state index in [0.717, 1.165) is 24.8 Å². The second-order valence-electron chi connectivity index (χ2n) is 8.47. The number of anilines is 1. The van der Waals surface area contributed by atoms with Crippen molar-refractivity contribution in [3.05, 3.63) is 65.2 Å². The Bertz CT molecular complexity index is 1190. The number of aliphatic hydroxyl groups excluding tert-OH is 1. The summed E-state index contributed by atoms with van der Waals surface area (Å²) in [6.07, 6.45) is 2.57. The van der Waals surface area contributed by atoms with E-state index < -0.39 is 12.0 Å². The van der Waals surface area contributed by atoms with Crippen molar-refractivity contribution >= 4 is 17.6 Å². The lowest BCUT2D eigenvalue weighted by Crippen LogP contribution is -2.24. The summed E-state index contributed by atoms with van der Waals surface area (Å²) in [7, 11) is 1.52. The summed E-state index contributed by atoms with van der Waals surface area (Å²) in [5.41, 5.74) is 14.5. The van der Waals surface area contributed by atoms with Crippen molar-refractivity contribution in [1.29, 1.82) is 0 Å². The molecule has 178 valence electrons. The molecule has 9 nitrogen and oxygen atoms in total. The number of ether oxygens (including phenoxy) is 1. The quantitative estimate of drug-likeness (QED) is 0.424. The Kier molecular flexibility index (Phi) is 6.83. The molecule has 1 saturated carbocycles. The maximum absolute atomic E-state index is 12.5. The van der Waals surface area contributed by atoms with Gasteiger partial charge in [0.25, 0.3) is 11.8 Å². The van der Waals surface area contributed by atoms with E-state index in [2.05, 4.69) is 10.4 Å². The zero-order chi connectivity index (χ0) is 24.2. The summed E-state index contributed by atoms with van der Waals surface area (Å²) in [5.74, 6) is -0.162. The van der Waals surface area contributed by atoms with Crippen LogP contribution in [0.5, 0.6) is 5.75 Å². The smallest absolute Gasteiger partial charge is 0.255 e. The van der Waals surface area contributed by atoms with Crippen LogP contribution in [0.25, 0.3) is 11.3 Å². The molecule has 2 aromatic carbocycles. The Morgan fingerprint density at radius 2 is 1.91 bits per heavy atom. The molecule has 1 heterocycles. The first-order valence-electron chi connectivity index (χ1n) is 11.3. The molecule has 2 atom stereocenters. The number of nitrogen functional groups attached to an aromatic ring is 1. The van der Waals surface area contributed by atoms with Gasteiger partial charge >= 0.3 is 0 Å². The number of nitrogens with one attached hydrogen (secondary N) is 1. The number of hydrogen-bond donors (Lipinski definition) is 4. The molecular weight excluding hydrogens is 434 g/mol. The first-order chi connectivity index (χ1) is 16.4. The second-order valence-corrected chi connectivity index (χ2v) is 8.47. The Labute approximate surface area is 197 Å². The van der Waals surface area contributed by atoms with Crippen molar-refractivity contribution in [3.63, 3.8) is 0 Å². The fourth-order valence-electron chi connectivity index (χ4n) is 4.42. The largest absolute Gasteiger partial charge is 0.496 e. The van der Waals surface area contributed by atoms with Gasteiger partial charge in [-0.15, -0.1) is 0 Å². The number of benzene rings is 2. The summed E-state index contributed by atoms with van der Waals surface area (Å²) >= 11 is 0. The number of carbonyl (C=O) groups excluding carboxylic acids is 2. The lowest BCUT2D eigenvalue weighted by atomic mass is 9.93. The van der Waals surface area contributed by atoms with Gasteiger partial charge in [-0.1, -0.05) is 36.4 Å². The molecule has 0 aliphatic heterocycles. The number of hydrogen-bond acceptors (Lipinski definition) is 6. The number of rotatable bonds is 7. The topological polar surface area (TPSA) is 145 Å². The van der Waals surface area contributed by atoms with Crippen LogP contribution in [-0.2, 0) is 6.54 Å². The predicted octanol–water partition coefficient (Wildman–Crippen LogP) is 2.65. The predicted molar refractivity (Wildman–Crippen MR) is 128 cm³/mol. The second kappa shape index (κ2) is 9.96. The van der Waals surface area contributed by atoms with E-state index >= 15 is 0 Å². The fourth-order valence-corrected chi connectivity index (χ4v) is 4.42. The number of nitrogens with zero attached hydrogens (tertiary/aromatic N) is 2. The Morgan fingerprint density at radius 3 is 2.59 bits per heavy atom. The maximum atomic E-state index is 12.5. The van der Waals surface area contributed by atoms with E-state index in [9.17, 15) is 14.7 Å². The highest BCUT2D eigenvalue weighted by atomic mass is 16.5. The molecule has 1 aliphatic carbocycles. The Hall–Kier alpha value is -3.85. The molecular formula is C25H29N5O4. The lowest BCUT2D eigenvalue weighted by Gasteiger charge is -2.26. The number of amides is 2. The average molecular weight is 464 g/mol. The van der Waals surface area contributed by atoms with Crippen molar-refractivity contribution in [2.75, 3.05) is 12.8 Å². The zero-order valence-corrected chi connectivity index (χ0v) is 19.0. The molecule has 0 bridgehead atoms. The molecule has 2 unspecified atom stereocenters. The van der Waals surface area contributed by atoms with E-state index in [1.807, 2.05) is 24.3 Å². The normalized spacial score (nSPS) is 17.8. The summed E-state index contributed by atoms with van der Waals surface area (Å²) in [6, 6.07) is 14.3. The van der Waals surface area contributed by atoms with Crippen LogP contribution in [0.15, 0.2) is 48.5 Å². The van der Waals surface area contributed by atoms with Crippen LogP contribution < -0.4 is 21.5 Å². The SMILES string of the molecule is COc1ccccc1C(=O)NCc1ccc(-c2nn(C3CCCC(O)C3)c(N)c2C(N)=O)cc1. The molecule has 9 heteroatoms. The third-order valence-corrected chi connectivity index (χ3v) is 6.19. The monoisotopic (exact) mass is 463 g/mol. The number of para-hydroxylation sites is 1. The Morgan fingerprint density at radius 1 is 1.18 bits per heavy atom. The average Bonchev–Trinajstić information content (AvgIpc) is 3.20. The van der Waals surface area contributed by atoms with E-state index in [-0.39, 0.29) is 23.3 Å². The fraction of sp³-hybridized carbons (Fsp3) is 0.320. The first-order valence-corrected chi connectivity index (χ1v) is 11.3. The van der Waals surface area contributed by atoms with Gasteiger partial charge in [0.15, 0.2) is 0 Å². The van der Waals surface area contributed by atoms with Gasteiger partial charge in [0.1, 0.15) is 22.8 Å². The Balaban J connectivity index is 1.53. The number of primary amides is 1. The number of methoxy groups -OCH3 is 1. The van der Waals surface area contributed by atoms with Gasteiger partial charge in [0, 0.05) is 12.1 Å². The van der Waals surface area contributed by atoms with Crippen LogP contribution >= 0.6 is 0 Å². The van der Waals surface area contributed by atoms with Crippen molar-refractivity contribution in [1.82, 2.24) is 15.1 Å². The highest BCUT2D eigenvalue weighted by molar-refractivity contribution is 6.03. The molecule has 1 aromatic heterocycles. The van der Waals surface area contributed by atoms with Crippen molar-refractivity contribution in [2.45, 2.75) is 44.4 Å². The summed E-state index contributed by atoms with van der Waals surface area (Å²) in [6.45, 7) is 0.316. The van der Waals surface area contributed by atoms with Gasteiger partial charge in [-0.3, -0.25) is 9.59 Å². The highest BCUT2D eigenvalue weighted by Crippen LogP contribution is 2.35. The van der Waals surface area contributed by atoms with Crippen LogP contribution in [0, 0.1) is 0 Å². The highest BCUT2D eigenvalue weighted by Gasteiger charge is 2.28. The van der Waals surface area contributed by atoms with Gasteiger partial charge in [0.2, 0.25) is 0 Å². The number of carbonyl (C=O) groups is 2. The molecule has 1 fully saturated rings. The standard InChI is InChI=1S/C25H29N5O4/c1-34-20-8-3-2-7-19(20)25(33)28-14-15-9-11-16(12-10-15)22-21(24(27)32)23(26)30(29-22)17-5-4-6-18(31)13-17/h2-3,7-12,17-18,31H,4-6,13-14,26H2,1H3,(H2,27,32)(H,28,33). The van der Waals surface area contributed by atoms with Crippen LogP contribution in [0.3, 0.4) is 0 Å². The lowest BCUT2D eigenvalue weighted by molar-refractivity contribution is 0.0946. The van der Waals surface area contributed by atoms with Crippen molar-refractivity contribution < 1.29 is 19.4 Å². The van der Waals surface area contributed by atoms with Crippen LogP contribution in [0.4, 0.5) is 5.82 Å². The number of aromatic nitrogens is 2. The summed E-state index contributed by atoms with van der Waals surface area (Å²) in [5, 5.41) is 17.5. The minimum absolute atomic E-state index is 0.0833.